The van der Waals surface area contributed by atoms with Crippen LogP contribution in [0.2, 0.25) is 0 Å². The van der Waals surface area contributed by atoms with Crippen LogP contribution < -0.4 is 5.32 Å². The zero-order valence-corrected chi connectivity index (χ0v) is 9.58. The van der Waals surface area contributed by atoms with Crippen molar-refractivity contribution in [2.45, 2.75) is 39.2 Å². The number of carbonyl (C=O) groups is 2. The summed E-state index contributed by atoms with van der Waals surface area (Å²) in [6.07, 6.45) is 2.68. The molecule has 1 saturated heterocycles. The summed E-state index contributed by atoms with van der Waals surface area (Å²) in [5.41, 5.74) is 0. The second-order valence-corrected chi connectivity index (χ2v) is 4.08. The van der Waals surface area contributed by atoms with Gasteiger partial charge in [0.2, 0.25) is 5.91 Å². The van der Waals surface area contributed by atoms with Gasteiger partial charge in [-0.3, -0.25) is 14.5 Å². The van der Waals surface area contributed by atoms with Crippen molar-refractivity contribution in [3.8, 4) is 0 Å². The molecule has 1 aliphatic heterocycles. The SMILES string of the molecule is CCCCNC(=O)[C@@H](C)N1CCC(=O)C1. The number of nitrogens with zero attached hydrogens (tertiary/aromatic N) is 1. The average molecular weight is 212 g/mol. The zero-order valence-electron chi connectivity index (χ0n) is 9.58. The third-order valence-electron chi connectivity index (χ3n) is 2.81. The third kappa shape index (κ3) is 3.63. The molecule has 4 heteroatoms. The zero-order chi connectivity index (χ0) is 11.3. The molecule has 0 bridgehead atoms. The predicted octanol–water partition coefficient (Wildman–Crippen LogP) is 0.566. The van der Waals surface area contributed by atoms with Crippen molar-refractivity contribution in [3.63, 3.8) is 0 Å². The number of hydrogen-bond acceptors (Lipinski definition) is 3. The van der Waals surface area contributed by atoms with Crippen molar-refractivity contribution in [2.24, 2.45) is 0 Å². The molecule has 0 aliphatic carbocycles. The summed E-state index contributed by atoms with van der Waals surface area (Å²) in [4.78, 5) is 24.6. The molecule has 0 radical (unpaired) electrons. The van der Waals surface area contributed by atoms with E-state index in [-0.39, 0.29) is 17.7 Å². The monoisotopic (exact) mass is 212 g/mol. The van der Waals surface area contributed by atoms with Crippen LogP contribution in [0.1, 0.15) is 33.1 Å². The molecule has 0 unspecified atom stereocenters. The predicted molar refractivity (Wildman–Crippen MR) is 58.6 cm³/mol. The molecule has 0 aromatic heterocycles. The van der Waals surface area contributed by atoms with Crippen molar-refractivity contribution < 1.29 is 9.59 Å². The Bertz CT molecular complexity index is 241. The van der Waals surface area contributed by atoms with Crippen LogP contribution >= 0.6 is 0 Å². The van der Waals surface area contributed by atoms with E-state index in [9.17, 15) is 9.59 Å². The molecule has 0 saturated carbocycles. The van der Waals surface area contributed by atoms with Gasteiger partial charge >= 0.3 is 0 Å². The van der Waals surface area contributed by atoms with E-state index in [1.165, 1.54) is 0 Å². The minimum absolute atomic E-state index is 0.0400. The molecule has 4 nitrogen and oxygen atoms in total. The van der Waals surface area contributed by atoms with E-state index in [2.05, 4.69) is 12.2 Å². The summed E-state index contributed by atoms with van der Waals surface area (Å²) >= 11 is 0. The molecule has 0 aromatic carbocycles. The first kappa shape index (κ1) is 12.2. The summed E-state index contributed by atoms with van der Waals surface area (Å²) in [5, 5.41) is 2.88. The van der Waals surface area contributed by atoms with Crippen LogP contribution in [0, 0.1) is 0 Å². The minimum Gasteiger partial charge on any atom is -0.355 e. The van der Waals surface area contributed by atoms with Gasteiger partial charge in [-0.25, -0.2) is 0 Å². The van der Waals surface area contributed by atoms with E-state index >= 15 is 0 Å². The van der Waals surface area contributed by atoms with Gasteiger partial charge in [-0.15, -0.1) is 0 Å². The summed E-state index contributed by atoms with van der Waals surface area (Å²) in [5.74, 6) is 0.279. The van der Waals surface area contributed by atoms with Gasteiger partial charge in [0.25, 0.3) is 0 Å². The van der Waals surface area contributed by atoms with Gasteiger partial charge in [0, 0.05) is 19.5 Å². The first-order chi connectivity index (χ1) is 7.15. The van der Waals surface area contributed by atoms with Crippen LogP contribution in [-0.4, -0.2) is 42.3 Å². The highest BCUT2D eigenvalue weighted by Crippen LogP contribution is 2.08. The lowest BCUT2D eigenvalue weighted by Gasteiger charge is -2.21. The summed E-state index contributed by atoms with van der Waals surface area (Å²) < 4.78 is 0. The maximum absolute atomic E-state index is 11.6. The fraction of sp³-hybridized carbons (Fsp3) is 0.818. The Morgan fingerprint density at radius 3 is 2.87 bits per heavy atom. The normalized spacial score (nSPS) is 19.2. The maximum atomic E-state index is 11.6. The van der Waals surface area contributed by atoms with E-state index in [0.29, 0.717) is 13.0 Å². The van der Waals surface area contributed by atoms with E-state index in [1.807, 2.05) is 11.8 Å². The average Bonchev–Trinajstić information content (AvgIpc) is 2.64. The second kappa shape index (κ2) is 5.85. The van der Waals surface area contributed by atoms with Crippen molar-refractivity contribution in [1.29, 1.82) is 0 Å². The van der Waals surface area contributed by atoms with Crippen LogP contribution in [0.4, 0.5) is 0 Å². The Kier molecular flexibility index (Phi) is 4.75. The lowest BCUT2D eigenvalue weighted by Crippen LogP contribution is -2.44. The number of likely N-dealkylation sites (tertiary alicyclic amines) is 1. The quantitative estimate of drug-likeness (QED) is 0.678. The largest absolute Gasteiger partial charge is 0.355 e. The molecular weight excluding hydrogens is 192 g/mol. The summed E-state index contributed by atoms with van der Waals surface area (Å²) in [7, 11) is 0. The molecule has 1 N–H and O–H groups in total. The molecule has 15 heavy (non-hydrogen) atoms. The smallest absolute Gasteiger partial charge is 0.237 e. The molecule has 1 heterocycles. The fourth-order valence-electron chi connectivity index (χ4n) is 1.69. The first-order valence-corrected chi connectivity index (χ1v) is 5.68. The number of carbonyl (C=O) groups excluding carboxylic acids is 2. The van der Waals surface area contributed by atoms with Crippen LogP contribution in [0.25, 0.3) is 0 Å². The van der Waals surface area contributed by atoms with E-state index < -0.39 is 0 Å². The van der Waals surface area contributed by atoms with Crippen molar-refractivity contribution in [2.75, 3.05) is 19.6 Å². The lowest BCUT2D eigenvalue weighted by molar-refractivity contribution is -0.125. The van der Waals surface area contributed by atoms with Crippen molar-refractivity contribution >= 4 is 11.7 Å². The molecule has 1 aliphatic rings. The highest BCUT2D eigenvalue weighted by molar-refractivity contribution is 5.86. The lowest BCUT2D eigenvalue weighted by atomic mass is 10.2. The van der Waals surface area contributed by atoms with Gasteiger partial charge in [0.1, 0.15) is 5.78 Å². The van der Waals surface area contributed by atoms with Crippen molar-refractivity contribution in [1.82, 2.24) is 10.2 Å². The van der Waals surface area contributed by atoms with Gasteiger partial charge in [-0.2, -0.15) is 0 Å². The molecule has 0 aromatic rings. The molecule has 0 spiro atoms. The molecule has 1 fully saturated rings. The van der Waals surface area contributed by atoms with Crippen LogP contribution in [0.5, 0.6) is 0 Å². The van der Waals surface area contributed by atoms with Gasteiger partial charge in [-0.05, 0) is 13.3 Å². The fourth-order valence-corrected chi connectivity index (χ4v) is 1.69. The second-order valence-electron chi connectivity index (χ2n) is 4.08. The van der Waals surface area contributed by atoms with E-state index in [1.54, 1.807) is 0 Å². The Hall–Kier alpha value is -0.900. The van der Waals surface area contributed by atoms with E-state index in [0.717, 1.165) is 25.9 Å². The molecule has 86 valence electrons. The number of rotatable bonds is 5. The molecule has 1 amide bonds. The molecular formula is C11H20N2O2. The first-order valence-electron chi connectivity index (χ1n) is 5.68. The number of nitrogens with one attached hydrogen (secondary N) is 1. The van der Waals surface area contributed by atoms with Gasteiger partial charge in [-0.1, -0.05) is 13.3 Å². The summed E-state index contributed by atoms with van der Waals surface area (Å²) in [6, 6.07) is -0.173. The number of hydrogen-bond donors (Lipinski definition) is 1. The number of unbranched alkanes of at least 4 members (excludes halogenated alkanes) is 1. The van der Waals surface area contributed by atoms with Crippen LogP contribution in [0.15, 0.2) is 0 Å². The maximum Gasteiger partial charge on any atom is 0.237 e. The minimum atomic E-state index is -0.173. The van der Waals surface area contributed by atoms with Crippen LogP contribution in [0.3, 0.4) is 0 Å². The standard InChI is InChI=1S/C11H20N2O2/c1-3-4-6-12-11(15)9(2)13-7-5-10(14)8-13/h9H,3-8H2,1-2H3,(H,12,15)/t9-/m1/s1. The molecule has 1 rings (SSSR count). The molecule has 1 atom stereocenters. The number of amides is 1. The topological polar surface area (TPSA) is 49.4 Å². The van der Waals surface area contributed by atoms with Gasteiger partial charge in [0.15, 0.2) is 0 Å². The Morgan fingerprint density at radius 1 is 1.60 bits per heavy atom. The third-order valence-corrected chi connectivity index (χ3v) is 2.81. The van der Waals surface area contributed by atoms with Gasteiger partial charge < -0.3 is 5.32 Å². The number of ketones is 1. The van der Waals surface area contributed by atoms with E-state index in [4.69, 9.17) is 0 Å². The Morgan fingerprint density at radius 2 is 2.33 bits per heavy atom. The van der Waals surface area contributed by atoms with Crippen molar-refractivity contribution in [3.05, 3.63) is 0 Å². The number of Topliss-reactive ketones (excluding diaryl/α,β-unsaturated/α-hetero) is 1. The van der Waals surface area contributed by atoms with Crippen LogP contribution in [-0.2, 0) is 9.59 Å². The van der Waals surface area contributed by atoms with Gasteiger partial charge in [0.05, 0.1) is 12.6 Å². The highest BCUT2D eigenvalue weighted by atomic mass is 16.2. The Balaban J connectivity index is 2.29. The summed E-state index contributed by atoms with van der Waals surface area (Å²) in [6.45, 7) is 5.85. The highest BCUT2D eigenvalue weighted by Gasteiger charge is 2.27. The Labute approximate surface area is 91.0 Å².